The Bertz CT molecular complexity index is 822. The number of aliphatic hydroxyl groups is 1. The number of benzene rings is 1. The molecule has 9 heteroatoms. The van der Waals surface area contributed by atoms with Gasteiger partial charge in [0.05, 0.1) is 6.61 Å². The summed E-state index contributed by atoms with van der Waals surface area (Å²) in [5.74, 6) is -1.06. The molecule has 9 nitrogen and oxygen atoms in total. The molecule has 0 aliphatic carbocycles. The number of ether oxygens (including phenoxy) is 1. The lowest BCUT2D eigenvalue weighted by molar-refractivity contribution is -0.143. The summed E-state index contributed by atoms with van der Waals surface area (Å²) in [5, 5.41) is 25.3. The minimum absolute atomic E-state index is 0.0363. The quantitative estimate of drug-likeness (QED) is 0.311. The molecule has 1 rings (SSSR count). The monoisotopic (exact) mass is 493 g/mol. The molecule has 0 fully saturated rings. The zero-order valence-corrected chi connectivity index (χ0v) is 22.0. The average Bonchev–Trinajstić information content (AvgIpc) is 2.74. The normalized spacial score (nSPS) is 13.1. The van der Waals surface area contributed by atoms with Crippen molar-refractivity contribution in [2.24, 2.45) is 0 Å². The van der Waals surface area contributed by atoms with Gasteiger partial charge in [-0.15, -0.1) is 0 Å². The lowest BCUT2D eigenvalue weighted by Crippen LogP contribution is -2.55. The minimum Gasteiger partial charge on any atom is -0.508 e. The van der Waals surface area contributed by atoms with Gasteiger partial charge in [-0.3, -0.25) is 9.59 Å². The van der Waals surface area contributed by atoms with Gasteiger partial charge in [-0.2, -0.15) is 0 Å². The molecule has 0 aromatic heterocycles. The van der Waals surface area contributed by atoms with Crippen LogP contribution in [0.1, 0.15) is 85.3 Å². The van der Waals surface area contributed by atoms with Crippen molar-refractivity contribution in [3.8, 4) is 5.75 Å². The van der Waals surface area contributed by atoms with Crippen molar-refractivity contribution >= 4 is 17.9 Å². The van der Waals surface area contributed by atoms with E-state index in [-0.39, 0.29) is 18.3 Å². The first-order chi connectivity index (χ1) is 16.4. The zero-order chi connectivity index (χ0) is 26.6. The fraction of sp³-hybridized carbons (Fsp3) is 0.654. The number of alkyl carbamates (subject to hydrolysis) is 1. The number of nitrogens with one attached hydrogen (secondary N) is 2. The topological polar surface area (TPSA) is 128 Å². The number of nitrogens with zero attached hydrogens (tertiary/aromatic N) is 1. The first kappa shape index (κ1) is 30.2. The Balaban J connectivity index is 3.33. The number of hydrogen-bond donors (Lipinski definition) is 4. The highest BCUT2D eigenvalue weighted by atomic mass is 16.6. The Morgan fingerprint density at radius 2 is 1.71 bits per heavy atom. The molecule has 3 amide bonds. The fourth-order valence-corrected chi connectivity index (χ4v) is 3.62. The summed E-state index contributed by atoms with van der Waals surface area (Å²) in [6.45, 7) is 10.4. The third-order valence-electron chi connectivity index (χ3n) is 5.13. The van der Waals surface area contributed by atoms with Gasteiger partial charge in [-0.1, -0.05) is 44.7 Å². The number of hydrogen-bond acceptors (Lipinski definition) is 6. The SMILES string of the molecule is CCCCCCCN(C(=O)C(CO)NC(=O)OC(C)(C)C)C(C(=O)NC(C)C)c1cccc(O)c1. The number of aromatic hydroxyl groups is 1. The zero-order valence-electron chi connectivity index (χ0n) is 22.0. The Labute approximate surface area is 209 Å². The molecule has 0 radical (unpaired) electrons. The Morgan fingerprint density at radius 3 is 2.26 bits per heavy atom. The number of amides is 3. The van der Waals surface area contributed by atoms with E-state index < -0.39 is 42.2 Å². The summed E-state index contributed by atoms with van der Waals surface area (Å²) in [6.07, 6.45) is 3.79. The smallest absolute Gasteiger partial charge is 0.408 e. The summed E-state index contributed by atoms with van der Waals surface area (Å²) in [7, 11) is 0. The van der Waals surface area contributed by atoms with Crippen LogP contribution >= 0.6 is 0 Å². The Morgan fingerprint density at radius 1 is 1.06 bits per heavy atom. The third-order valence-corrected chi connectivity index (χ3v) is 5.13. The Kier molecular flexibility index (Phi) is 12.6. The van der Waals surface area contributed by atoms with Gasteiger partial charge in [0, 0.05) is 12.6 Å². The molecule has 198 valence electrons. The van der Waals surface area contributed by atoms with Crippen LogP contribution < -0.4 is 10.6 Å². The predicted octanol–water partition coefficient (Wildman–Crippen LogP) is 3.64. The van der Waals surface area contributed by atoms with Crippen LogP contribution in [0.4, 0.5) is 4.79 Å². The molecule has 0 bridgehead atoms. The van der Waals surface area contributed by atoms with Crippen LogP contribution in [0, 0.1) is 0 Å². The van der Waals surface area contributed by atoms with Crippen molar-refractivity contribution in [1.82, 2.24) is 15.5 Å². The van der Waals surface area contributed by atoms with E-state index in [2.05, 4.69) is 17.6 Å². The van der Waals surface area contributed by atoms with Crippen LogP contribution in [0.15, 0.2) is 24.3 Å². The van der Waals surface area contributed by atoms with Crippen LogP contribution in [0.5, 0.6) is 5.75 Å². The maximum atomic E-state index is 13.6. The number of aliphatic hydroxyl groups excluding tert-OH is 1. The standard InChI is InChI=1S/C26H43N3O6/c1-7-8-9-10-11-15-29(24(33)21(17-30)28-25(34)35-26(4,5)6)22(23(32)27-18(2)3)19-13-12-14-20(31)16-19/h12-14,16,18,21-22,30-31H,7-11,15,17H2,1-6H3,(H,27,32)(H,28,34). The number of carbonyl (C=O) groups is 3. The molecule has 0 aliphatic rings. The summed E-state index contributed by atoms with van der Waals surface area (Å²) in [6, 6.07) is 3.65. The molecule has 0 saturated heterocycles. The lowest BCUT2D eigenvalue weighted by atomic mass is 10.0. The van der Waals surface area contributed by atoms with Gasteiger partial charge in [0.15, 0.2) is 0 Å². The van der Waals surface area contributed by atoms with E-state index in [1.165, 1.54) is 17.0 Å². The number of rotatable bonds is 13. The molecule has 1 aromatic carbocycles. The highest BCUT2D eigenvalue weighted by Gasteiger charge is 2.36. The lowest BCUT2D eigenvalue weighted by Gasteiger charge is -2.34. The van der Waals surface area contributed by atoms with E-state index in [0.29, 0.717) is 12.0 Å². The summed E-state index contributed by atoms with van der Waals surface area (Å²) < 4.78 is 5.24. The molecule has 0 saturated carbocycles. The van der Waals surface area contributed by atoms with Gasteiger partial charge in [-0.25, -0.2) is 4.79 Å². The third kappa shape index (κ3) is 11.0. The number of phenols is 1. The van der Waals surface area contributed by atoms with Gasteiger partial charge in [0.2, 0.25) is 11.8 Å². The predicted molar refractivity (Wildman–Crippen MR) is 135 cm³/mol. The number of phenolic OH excluding ortho intramolecular Hbond substituents is 1. The van der Waals surface area contributed by atoms with E-state index >= 15 is 0 Å². The van der Waals surface area contributed by atoms with Crippen LogP contribution in [0.3, 0.4) is 0 Å². The number of unbranched alkanes of at least 4 members (excludes halogenated alkanes) is 4. The second kappa shape index (κ2) is 14.6. The molecule has 2 unspecified atom stereocenters. The molecular weight excluding hydrogens is 450 g/mol. The van der Waals surface area contributed by atoms with E-state index in [4.69, 9.17) is 4.74 Å². The van der Waals surface area contributed by atoms with Gasteiger partial charge in [0.1, 0.15) is 23.4 Å². The van der Waals surface area contributed by atoms with Crippen molar-refractivity contribution in [3.63, 3.8) is 0 Å². The van der Waals surface area contributed by atoms with E-state index in [1.807, 2.05) is 13.8 Å². The Hall–Kier alpha value is -2.81. The van der Waals surface area contributed by atoms with Gasteiger partial charge < -0.3 is 30.5 Å². The van der Waals surface area contributed by atoms with E-state index in [1.54, 1.807) is 32.9 Å². The van der Waals surface area contributed by atoms with Crippen LogP contribution in [-0.4, -0.2) is 63.9 Å². The van der Waals surface area contributed by atoms with Crippen molar-refractivity contribution in [1.29, 1.82) is 0 Å². The molecule has 4 N–H and O–H groups in total. The molecule has 0 spiro atoms. The van der Waals surface area contributed by atoms with Gasteiger partial charge in [0.25, 0.3) is 0 Å². The molecule has 0 aliphatic heterocycles. The largest absolute Gasteiger partial charge is 0.508 e. The first-order valence-corrected chi connectivity index (χ1v) is 12.4. The average molecular weight is 494 g/mol. The highest BCUT2D eigenvalue weighted by molar-refractivity contribution is 5.92. The molecular formula is C26H43N3O6. The summed E-state index contributed by atoms with van der Waals surface area (Å²) in [4.78, 5) is 40.6. The van der Waals surface area contributed by atoms with Crippen LogP contribution in [0.25, 0.3) is 0 Å². The molecule has 1 aromatic rings. The van der Waals surface area contributed by atoms with Crippen molar-refractivity contribution in [2.45, 2.75) is 97.4 Å². The number of carbonyl (C=O) groups excluding carboxylic acids is 3. The molecule has 2 atom stereocenters. The van der Waals surface area contributed by atoms with Crippen LogP contribution in [0.2, 0.25) is 0 Å². The van der Waals surface area contributed by atoms with E-state index in [0.717, 1.165) is 25.7 Å². The van der Waals surface area contributed by atoms with Crippen molar-refractivity contribution in [3.05, 3.63) is 29.8 Å². The minimum atomic E-state index is -1.30. The van der Waals surface area contributed by atoms with Crippen molar-refractivity contribution in [2.75, 3.05) is 13.2 Å². The highest BCUT2D eigenvalue weighted by Crippen LogP contribution is 2.26. The van der Waals surface area contributed by atoms with Crippen LogP contribution in [-0.2, 0) is 14.3 Å². The van der Waals surface area contributed by atoms with Gasteiger partial charge >= 0.3 is 6.09 Å². The second-order valence-corrected chi connectivity index (χ2v) is 9.99. The maximum absolute atomic E-state index is 13.6. The molecule has 35 heavy (non-hydrogen) atoms. The first-order valence-electron chi connectivity index (χ1n) is 12.4. The van der Waals surface area contributed by atoms with Gasteiger partial charge in [-0.05, 0) is 58.7 Å². The summed E-state index contributed by atoms with van der Waals surface area (Å²) >= 11 is 0. The fourth-order valence-electron chi connectivity index (χ4n) is 3.62. The van der Waals surface area contributed by atoms with Crippen molar-refractivity contribution < 1.29 is 29.3 Å². The molecule has 0 heterocycles. The van der Waals surface area contributed by atoms with E-state index in [9.17, 15) is 24.6 Å². The maximum Gasteiger partial charge on any atom is 0.408 e. The summed E-state index contributed by atoms with van der Waals surface area (Å²) in [5.41, 5.74) is -0.355. The second-order valence-electron chi connectivity index (χ2n) is 9.99.